The molecule has 7 nitrogen and oxygen atoms in total. The molecule has 2 amide bonds. The molecule has 8 heteroatoms. The second kappa shape index (κ2) is 10.5. The number of hydrogen-bond donors (Lipinski definition) is 3. The van der Waals surface area contributed by atoms with E-state index in [1.54, 1.807) is 0 Å². The van der Waals surface area contributed by atoms with Gasteiger partial charge in [-0.05, 0) is 30.9 Å². The molecule has 1 aromatic carbocycles. The second-order valence-electron chi connectivity index (χ2n) is 5.11. The van der Waals surface area contributed by atoms with Crippen molar-refractivity contribution in [3.05, 3.63) is 35.9 Å². The topological polar surface area (TPSA) is 105 Å². The van der Waals surface area contributed by atoms with Crippen LogP contribution >= 0.6 is 11.8 Å². The van der Waals surface area contributed by atoms with Gasteiger partial charge in [-0.2, -0.15) is 11.8 Å². The third kappa shape index (κ3) is 7.36. The average molecular weight is 354 g/mol. The highest BCUT2D eigenvalue weighted by atomic mass is 32.2. The molecular formula is C16H22N2O5S. The number of ether oxygens (including phenoxy) is 1. The molecule has 2 atom stereocenters. The van der Waals surface area contributed by atoms with Crippen LogP contribution in [-0.2, 0) is 20.9 Å². The van der Waals surface area contributed by atoms with Crippen molar-refractivity contribution in [3.8, 4) is 0 Å². The summed E-state index contributed by atoms with van der Waals surface area (Å²) in [4.78, 5) is 34.8. The first-order valence-electron chi connectivity index (χ1n) is 7.43. The summed E-state index contributed by atoms with van der Waals surface area (Å²) >= 11 is 1.52. The Bertz CT molecular complexity index is 553. The van der Waals surface area contributed by atoms with E-state index in [2.05, 4.69) is 10.6 Å². The lowest BCUT2D eigenvalue weighted by Crippen LogP contribution is -2.51. The minimum atomic E-state index is -1.14. The smallest absolute Gasteiger partial charge is 0.408 e. The van der Waals surface area contributed by atoms with Crippen LogP contribution in [0.5, 0.6) is 0 Å². The van der Waals surface area contributed by atoms with Crippen LogP contribution in [-0.4, -0.2) is 47.2 Å². The number of hydrogen-bond acceptors (Lipinski definition) is 5. The van der Waals surface area contributed by atoms with E-state index >= 15 is 0 Å². The van der Waals surface area contributed by atoms with Crippen molar-refractivity contribution in [2.24, 2.45) is 0 Å². The van der Waals surface area contributed by atoms with Crippen molar-refractivity contribution in [2.45, 2.75) is 32.0 Å². The number of carbonyl (C=O) groups is 3. The Hall–Kier alpha value is -2.22. The molecule has 1 aromatic rings. The molecule has 0 bridgehead atoms. The van der Waals surface area contributed by atoms with E-state index in [9.17, 15) is 14.4 Å². The fourth-order valence-electron chi connectivity index (χ4n) is 1.79. The number of carbonyl (C=O) groups excluding carboxylic acids is 2. The number of alkyl carbamates (subject to hydrolysis) is 1. The van der Waals surface area contributed by atoms with Gasteiger partial charge in [0.1, 0.15) is 18.7 Å². The van der Waals surface area contributed by atoms with Crippen LogP contribution in [0.25, 0.3) is 0 Å². The van der Waals surface area contributed by atoms with Gasteiger partial charge in [0, 0.05) is 0 Å². The lowest BCUT2D eigenvalue weighted by molar-refractivity contribution is -0.141. The van der Waals surface area contributed by atoms with Crippen LogP contribution in [0.1, 0.15) is 18.9 Å². The molecule has 0 radical (unpaired) electrons. The van der Waals surface area contributed by atoms with E-state index in [-0.39, 0.29) is 6.61 Å². The van der Waals surface area contributed by atoms with Crippen molar-refractivity contribution in [2.75, 3.05) is 12.0 Å². The van der Waals surface area contributed by atoms with Gasteiger partial charge in [-0.3, -0.25) is 9.59 Å². The zero-order valence-electron chi connectivity index (χ0n) is 13.7. The molecular weight excluding hydrogens is 332 g/mol. The Morgan fingerprint density at radius 2 is 1.88 bits per heavy atom. The summed E-state index contributed by atoms with van der Waals surface area (Å²) in [6.45, 7) is 1.45. The summed E-state index contributed by atoms with van der Waals surface area (Å²) in [6.07, 6.45) is 1.53. The summed E-state index contributed by atoms with van der Waals surface area (Å²) in [5, 5.41) is 13.7. The zero-order valence-corrected chi connectivity index (χ0v) is 14.5. The van der Waals surface area contributed by atoms with E-state index in [4.69, 9.17) is 9.84 Å². The number of rotatable bonds is 9. The van der Waals surface area contributed by atoms with Gasteiger partial charge in [0.2, 0.25) is 5.91 Å². The van der Waals surface area contributed by atoms with E-state index in [1.807, 2.05) is 36.6 Å². The Morgan fingerprint density at radius 3 is 2.46 bits per heavy atom. The molecule has 0 aliphatic rings. The highest BCUT2D eigenvalue weighted by Gasteiger charge is 2.24. The van der Waals surface area contributed by atoms with E-state index < -0.39 is 30.1 Å². The van der Waals surface area contributed by atoms with Gasteiger partial charge in [-0.15, -0.1) is 0 Å². The quantitative estimate of drug-likeness (QED) is 0.622. The molecule has 132 valence electrons. The molecule has 0 aromatic heterocycles. The van der Waals surface area contributed by atoms with Gasteiger partial charge in [0.15, 0.2) is 0 Å². The van der Waals surface area contributed by atoms with Crippen LogP contribution in [0.3, 0.4) is 0 Å². The fourth-order valence-corrected chi connectivity index (χ4v) is 2.26. The minimum Gasteiger partial charge on any atom is -0.480 e. The fraction of sp³-hybridized carbons (Fsp3) is 0.438. The monoisotopic (exact) mass is 354 g/mol. The molecule has 0 aliphatic heterocycles. The number of carboxylic acids is 1. The normalized spacial score (nSPS) is 12.8. The first-order valence-corrected chi connectivity index (χ1v) is 8.82. The first kappa shape index (κ1) is 19.8. The van der Waals surface area contributed by atoms with Gasteiger partial charge in [0.25, 0.3) is 0 Å². The molecule has 0 fully saturated rings. The summed E-state index contributed by atoms with van der Waals surface area (Å²) in [6, 6.07) is 7.28. The number of nitrogens with one attached hydrogen (secondary N) is 2. The zero-order chi connectivity index (χ0) is 17.9. The Balaban J connectivity index is 2.55. The third-order valence-corrected chi connectivity index (χ3v) is 3.81. The van der Waals surface area contributed by atoms with Crippen LogP contribution in [0, 0.1) is 0 Å². The average Bonchev–Trinajstić information content (AvgIpc) is 2.57. The van der Waals surface area contributed by atoms with Crippen LogP contribution in [0.2, 0.25) is 0 Å². The number of thioether (sulfide) groups is 1. The number of amides is 2. The second-order valence-corrected chi connectivity index (χ2v) is 6.09. The predicted octanol–water partition coefficient (Wildman–Crippen LogP) is 1.62. The molecule has 0 saturated carbocycles. The first-order chi connectivity index (χ1) is 11.4. The van der Waals surface area contributed by atoms with Crippen molar-refractivity contribution >= 4 is 29.7 Å². The summed E-state index contributed by atoms with van der Waals surface area (Å²) in [7, 11) is 0. The van der Waals surface area contributed by atoms with Gasteiger partial charge in [-0.1, -0.05) is 30.3 Å². The standard InChI is InChI=1S/C16H22N2O5S/c1-11(15(20)21)17-14(19)13(8-9-24-2)18-16(22)23-10-12-6-4-3-5-7-12/h3-7,11,13H,8-10H2,1-2H3,(H,17,19)(H,18,22)(H,20,21)/t11-,13-/m1/s1. The molecule has 0 heterocycles. The Morgan fingerprint density at radius 1 is 1.21 bits per heavy atom. The number of benzene rings is 1. The van der Waals surface area contributed by atoms with Crippen molar-refractivity contribution in [1.29, 1.82) is 0 Å². The molecule has 1 rings (SSSR count). The maximum Gasteiger partial charge on any atom is 0.408 e. The van der Waals surface area contributed by atoms with Crippen molar-refractivity contribution in [3.63, 3.8) is 0 Å². The van der Waals surface area contributed by atoms with E-state index in [1.165, 1.54) is 18.7 Å². The van der Waals surface area contributed by atoms with Crippen LogP contribution in [0.4, 0.5) is 4.79 Å². The maximum absolute atomic E-state index is 12.1. The van der Waals surface area contributed by atoms with Gasteiger partial charge < -0.3 is 20.5 Å². The maximum atomic E-state index is 12.1. The summed E-state index contributed by atoms with van der Waals surface area (Å²) < 4.78 is 5.09. The summed E-state index contributed by atoms with van der Waals surface area (Å²) in [5.41, 5.74) is 0.831. The Kier molecular flexibility index (Phi) is 8.70. The molecule has 3 N–H and O–H groups in total. The van der Waals surface area contributed by atoms with Crippen LogP contribution < -0.4 is 10.6 Å². The SMILES string of the molecule is CSCC[C@@H](NC(=O)OCc1ccccc1)C(=O)N[C@H](C)C(=O)O. The predicted molar refractivity (Wildman–Crippen MR) is 91.8 cm³/mol. The lowest BCUT2D eigenvalue weighted by Gasteiger charge is -2.19. The molecule has 0 aliphatic carbocycles. The van der Waals surface area contributed by atoms with E-state index in [0.717, 1.165) is 5.56 Å². The largest absolute Gasteiger partial charge is 0.480 e. The third-order valence-electron chi connectivity index (χ3n) is 3.16. The van der Waals surface area contributed by atoms with Crippen molar-refractivity contribution in [1.82, 2.24) is 10.6 Å². The molecule has 24 heavy (non-hydrogen) atoms. The van der Waals surface area contributed by atoms with Gasteiger partial charge in [0.05, 0.1) is 0 Å². The molecule has 0 unspecified atom stereocenters. The number of carboxylic acid groups (broad SMARTS) is 1. The molecule has 0 spiro atoms. The highest BCUT2D eigenvalue weighted by molar-refractivity contribution is 7.98. The number of aliphatic carboxylic acids is 1. The Labute approximate surface area is 145 Å². The lowest BCUT2D eigenvalue weighted by atomic mass is 10.2. The minimum absolute atomic E-state index is 0.0923. The van der Waals surface area contributed by atoms with Gasteiger partial charge >= 0.3 is 12.1 Å². The van der Waals surface area contributed by atoms with Crippen molar-refractivity contribution < 1.29 is 24.2 Å². The van der Waals surface area contributed by atoms with Gasteiger partial charge in [-0.25, -0.2) is 4.79 Å². The van der Waals surface area contributed by atoms with E-state index in [0.29, 0.717) is 12.2 Å². The molecule has 0 saturated heterocycles. The van der Waals surface area contributed by atoms with Crippen LogP contribution in [0.15, 0.2) is 30.3 Å². The highest BCUT2D eigenvalue weighted by Crippen LogP contribution is 2.04. The summed E-state index contributed by atoms with van der Waals surface area (Å²) in [5.74, 6) is -1.05.